The second kappa shape index (κ2) is 8.99. The number of fused-ring (bicyclic) bond motifs is 1. The molecule has 8 heteroatoms. The molecular formula is C24H19N3O4S. The molecule has 160 valence electrons. The van der Waals surface area contributed by atoms with Crippen molar-refractivity contribution < 1.29 is 19.1 Å². The van der Waals surface area contributed by atoms with E-state index in [1.54, 1.807) is 72.8 Å². The SMILES string of the molecule is CCOc1ccc(C(=O)NC(=S)Nc2ccc(N3C(=O)c4ccccc4C3=O)cc2)cc1. The highest BCUT2D eigenvalue weighted by Gasteiger charge is 2.36. The van der Waals surface area contributed by atoms with Crippen molar-refractivity contribution in [1.82, 2.24) is 5.32 Å². The minimum atomic E-state index is -0.357. The molecule has 1 aliphatic rings. The van der Waals surface area contributed by atoms with Crippen LogP contribution in [-0.2, 0) is 0 Å². The Labute approximate surface area is 190 Å². The third-order valence-corrected chi connectivity index (χ3v) is 5.04. The van der Waals surface area contributed by atoms with Crippen LogP contribution in [0.4, 0.5) is 11.4 Å². The van der Waals surface area contributed by atoms with E-state index >= 15 is 0 Å². The van der Waals surface area contributed by atoms with Gasteiger partial charge >= 0.3 is 0 Å². The quantitative estimate of drug-likeness (QED) is 0.456. The van der Waals surface area contributed by atoms with Crippen molar-refractivity contribution in [3.63, 3.8) is 0 Å². The predicted octanol–water partition coefficient (Wildman–Crippen LogP) is 4.01. The summed E-state index contributed by atoms with van der Waals surface area (Å²) in [5, 5.41) is 5.65. The maximum Gasteiger partial charge on any atom is 0.266 e. The Morgan fingerprint density at radius 3 is 2.06 bits per heavy atom. The van der Waals surface area contributed by atoms with Gasteiger partial charge in [0.25, 0.3) is 17.7 Å². The van der Waals surface area contributed by atoms with E-state index in [0.29, 0.717) is 40.4 Å². The molecule has 0 saturated heterocycles. The van der Waals surface area contributed by atoms with Crippen molar-refractivity contribution in [2.24, 2.45) is 0 Å². The smallest absolute Gasteiger partial charge is 0.266 e. The fraction of sp³-hybridized carbons (Fsp3) is 0.0833. The number of hydrogen-bond acceptors (Lipinski definition) is 5. The summed E-state index contributed by atoms with van der Waals surface area (Å²) < 4.78 is 5.36. The third kappa shape index (κ3) is 4.21. The second-order valence-electron chi connectivity index (χ2n) is 6.90. The lowest BCUT2D eigenvalue weighted by Gasteiger charge is -2.15. The van der Waals surface area contributed by atoms with E-state index in [-0.39, 0.29) is 22.8 Å². The van der Waals surface area contributed by atoms with Crippen molar-refractivity contribution in [2.45, 2.75) is 6.92 Å². The first-order chi connectivity index (χ1) is 15.5. The van der Waals surface area contributed by atoms with Crippen LogP contribution in [0.1, 0.15) is 38.0 Å². The number of carbonyl (C=O) groups is 3. The Morgan fingerprint density at radius 2 is 1.50 bits per heavy atom. The summed E-state index contributed by atoms with van der Waals surface area (Å²) in [6.45, 7) is 2.43. The zero-order valence-corrected chi connectivity index (χ0v) is 17.9. The van der Waals surface area contributed by atoms with Crippen LogP contribution in [-0.4, -0.2) is 29.4 Å². The van der Waals surface area contributed by atoms with E-state index < -0.39 is 0 Å². The number of nitrogens with zero attached hydrogens (tertiary/aromatic N) is 1. The lowest BCUT2D eigenvalue weighted by Crippen LogP contribution is -2.34. The molecule has 3 aromatic rings. The highest BCUT2D eigenvalue weighted by Crippen LogP contribution is 2.29. The van der Waals surface area contributed by atoms with Crippen LogP contribution in [0.5, 0.6) is 5.75 Å². The number of anilines is 2. The Bertz CT molecular complexity index is 1170. The fourth-order valence-corrected chi connectivity index (χ4v) is 3.53. The summed E-state index contributed by atoms with van der Waals surface area (Å²) in [6, 6.07) is 20.1. The highest BCUT2D eigenvalue weighted by molar-refractivity contribution is 7.80. The fourth-order valence-electron chi connectivity index (χ4n) is 3.32. The summed E-state index contributed by atoms with van der Waals surface area (Å²) in [5.41, 5.74) is 2.27. The minimum Gasteiger partial charge on any atom is -0.494 e. The number of amides is 3. The average Bonchev–Trinajstić information content (AvgIpc) is 3.05. The van der Waals surface area contributed by atoms with Crippen LogP contribution >= 0.6 is 12.2 Å². The van der Waals surface area contributed by atoms with Crippen molar-refractivity contribution in [1.29, 1.82) is 0 Å². The first-order valence-corrected chi connectivity index (χ1v) is 10.3. The number of thiocarbonyl (C=S) groups is 1. The summed E-state index contributed by atoms with van der Waals surface area (Å²) in [7, 11) is 0. The van der Waals surface area contributed by atoms with Crippen LogP contribution in [0.2, 0.25) is 0 Å². The molecule has 3 amide bonds. The Morgan fingerprint density at radius 1 is 0.906 bits per heavy atom. The van der Waals surface area contributed by atoms with E-state index in [1.807, 2.05) is 6.92 Å². The normalized spacial score (nSPS) is 12.3. The summed E-state index contributed by atoms with van der Waals surface area (Å²) in [4.78, 5) is 38.7. The van der Waals surface area contributed by atoms with Crippen molar-refractivity contribution in [2.75, 3.05) is 16.8 Å². The van der Waals surface area contributed by atoms with Crippen LogP contribution < -0.4 is 20.3 Å². The van der Waals surface area contributed by atoms with Gasteiger partial charge in [-0.25, -0.2) is 4.90 Å². The van der Waals surface area contributed by atoms with Gasteiger partial charge < -0.3 is 10.1 Å². The number of carbonyl (C=O) groups excluding carboxylic acids is 3. The van der Waals surface area contributed by atoms with Gasteiger partial charge in [0.15, 0.2) is 5.11 Å². The zero-order valence-electron chi connectivity index (χ0n) is 17.1. The van der Waals surface area contributed by atoms with Gasteiger partial charge in [-0.1, -0.05) is 12.1 Å². The monoisotopic (exact) mass is 445 g/mol. The molecule has 0 aliphatic carbocycles. The van der Waals surface area contributed by atoms with Gasteiger partial charge in [-0.15, -0.1) is 0 Å². The van der Waals surface area contributed by atoms with Gasteiger partial charge in [0.05, 0.1) is 23.4 Å². The van der Waals surface area contributed by atoms with E-state index in [9.17, 15) is 14.4 Å². The molecule has 32 heavy (non-hydrogen) atoms. The van der Waals surface area contributed by atoms with Crippen LogP contribution in [0, 0.1) is 0 Å². The van der Waals surface area contributed by atoms with Crippen molar-refractivity contribution >= 4 is 46.4 Å². The number of benzene rings is 3. The average molecular weight is 446 g/mol. The zero-order chi connectivity index (χ0) is 22.7. The minimum absolute atomic E-state index is 0.123. The molecule has 0 radical (unpaired) electrons. The number of hydrogen-bond donors (Lipinski definition) is 2. The van der Waals surface area contributed by atoms with Crippen LogP contribution in [0.25, 0.3) is 0 Å². The topological polar surface area (TPSA) is 87.7 Å². The standard InChI is InChI=1S/C24H19N3O4S/c1-2-31-18-13-7-15(8-14-18)21(28)26-24(32)25-16-9-11-17(12-10-16)27-22(29)19-5-3-4-6-20(19)23(27)30/h3-14H,2H2,1H3,(H2,25,26,28,32). The molecule has 0 bridgehead atoms. The first kappa shape index (κ1) is 21.2. The number of rotatable bonds is 5. The molecule has 1 heterocycles. The van der Waals surface area contributed by atoms with Crippen molar-refractivity contribution in [3.8, 4) is 5.75 Å². The molecular weight excluding hydrogens is 426 g/mol. The molecule has 1 aliphatic heterocycles. The lowest BCUT2D eigenvalue weighted by molar-refractivity contribution is 0.0923. The van der Waals surface area contributed by atoms with Gasteiger partial charge in [0.2, 0.25) is 0 Å². The molecule has 4 rings (SSSR count). The van der Waals surface area contributed by atoms with Gasteiger partial charge in [0, 0.05) is 11.3 Å². The molecule has 0 spiro atoms. The van der Waals surface area contributed by atoms with Gasteiger partial charge in [-0.3, -0.25) is 19.7 Å². The molecule has 2 N–H and O–H groups in total. The number of ether oxygens (including phenoxy) is 1. The molecule has 0 atom stereocenters. The lowest BCUT2D eigenvalue weighted by atomic mass is 10.1. The van der Waals surface area contributed by atoms with E-state index in [2.05, 4.69) is 10.6 Å². The first-order valence-electron chi connectivity index (χ1n) is 9.91. The predicted molar refractivity (Wildman–Crippen MR) is 125 cm³/mol. The molecule has 3 aromatic carbocycles. The largest absolute Gasteiger partial charge is 0.494 e. The van der Waals surface area contributed by atoms with Crippen molar-refractivity contribution in [3.05, 3.63) is 89.5 Å². The van der Waals surface area contributed by atoms with E-state index in [1.165, 1.54) is 0 Å². The van der Waals surface area contributed by atoms with Gasteiger partial charge in [-0.2, -0.15) is 0 Å². The van der Waals surface area contributed by atoms with E-state index in [4.69, 9.17) is 17.0 Å². The number of imide groups is 1. The molecule has 0 saturated carbocycles. The summed E-state index contributed by atoms with van der Waals surface area (Å²) in [5.74, 6) is -0.384. The summed E-state index contributed by atoms with van der Waals surface area (Å²) >= 11 is 5.22. The maximum atomic E-state index is 12.6. The Hall–Kier alpha value is -4.04. The molecule has 0 fully saturated rings. The Balaban J connectivity index is 1.39. The second-order valence-corrected chi connectivity index (χ2v) is 7.31. The maximum absolute atomic E-state index is 12.6. The van der Waals surface area contributed by atoms with Crippen LogP contribution in [0.3, 0.4) is 0 Å². The highest BCUT2D eigenvalue weighted by atomic mass is 32.1. The number of nitrogens with one attached hydrogen (secondary N) is 2. The molecule has 7 nitrogen and oxygen atoms in total. The van der Waals surface area contributed by atoms with Gasteiger partial charge in [-0.05, 0) is 79.8 Å². The molecule has 0 aromatic heterocycles. The van der Waals surface area contributed by atoms with E-state index in [0.717, 1.165) is 4.90 Å². The van der Waals surface area contributed by atoms with Gasteiger partial charge in [0.1, 0.15) is 5.75 Å². The molecule has 0 unspecified atom stereocenters. The van der Waals surface area contributed by atoms with Crippen LogP contribution in [0.15, 0.2) is 72.8 Å². The Kier molecular flexibility index (Phi) is 5.96. The summed E-state index contributed by atoms with van der Waals surface area (Å²) in [6.07, 6.45) is 0. The third-order valence-electron chi connectivity index (χ3n) is 4.83.